The standard InChI is InChI=1S/C5H7N3O2S/c1-10-2-3-4(9)6-5(11)8-7-3/h2H2,1H3,(H2,6,8,9,11). The average molecular weight is 173 g/mol. The van der Waals surface area contributed by atoms with Crippen molar-refractivity contribution in [3.63, 3.8) is 0 Å². The van der Waals surface area contributed by atoms with Gasteiger partial charge in [0.25, 0.3) is 5.56 Å². The molecule has 0 unspecified atom stereocenters. The van der Waals surface area contributed by atoms with Crippen LogP contribution in [0.4, 0.5) is 0 Å². The molecule has 1 aromatic rings. The van der Waals surface area contributed by atoms with Crippen molar-refractivity contribution in [3.8, 4) is 0 Å². The molecule has 1 rings (SSSR count). The van der Waals surface area contributed by atoms with E-state index in [-0.39, 0.29) is 16.9 Å². The molecule has 6 heteroatoms. The van der Waals surface area contributed by atoms with Gasteiger partial charge in [-0.15, -0.1) is 0 Å². The summed E-state index contributed by atoms with van der Waals surface area (Å²) in [5, 5.41) is 6.12. The number of aromatic nitrogens is 3. The quantitative estimate of drug-likeness (QED) is 0.616. The van der Waals surface area contributed by atoms with Gasteiger partial charge >= 0.3 is 0 Å². The number of aromatic amines is 2. The maximum Gasteiger partial charge on any atom is 0.276 e. The molecule has 0 radical (unpaired) electrons. The van der Waals surface area contributed by atoms with Crippen LogP contribution < -0.4 is 5.56 Å². The molecule has 0 aliphatic heterocycles. The van der Waals surface area contributed by atoms with Crippen LogP contribution in [0.15, 0.2) is 4.79 Å². The Bertz CT molecular complexity index is 342. The third-order valence-electron chi connectivity index (χ3n) is 1.06. The highest BCUT2D eigenvalue weighted by Gasteiger charge is 1.98. The summed E-state index contributed by atoms with van der Waals surface area (Å²) in [5.41, 5.74) is -0.0169. The molecule has 1 aromatic heterocycles. The SMILES string of the molecule is COCc1n[nH]c(=S)[nH]c1=O. The first kappa shape index (κ1) is 8.09. The molecular formula is C5H7N3O2S. The molecule has 1 heterocycles. The van der Waals surface area contributed by atoms with Crippen LogP contribution in [-0.2, 0) is 11.3 Å². The highest BCUT2D eigenvalue weighted by atomic mass is 32.1. The fourth-order valence-corrected chi connectivity index (χ4v) is 0.745. The summed E-state index contributed by atoms with van der Waals surface area (Å²) in [6.45, 7) is 0.182. The van der Waals surface area contributed by atoms with Crippen LogP contribution in [0.3, 0.4) is 0 Å². The molecule has 0 saturated heterocycles. The lowest BCUT2D eigenvalue weighted by Gasteiger charge is -1.94. The van der Waals surface area contributed by atoms with Crippen molar-refractivity contribution < 1.29 is 4.74 Å². The predicted molar refractivity (Wildman–Crippen MR) is 40.8 cm³/mol. The van der Waals surface area contributed by atoms with Gasteiger partial charge in [0.2, 0.25) is 0 Å². The lowest BCUT2D eigenvalue weighted by molar-refractivity contribution is 0.179. The summed E-state index contributed by atoms with van der Waals surface area (Å²) < 4.78 is 4.93. The molecule has 0 spiro atoms. The molecule has 0 atom stereocenters. The predicted octanol–water partition coefficient (Wildman–Crippen LogP) is -0.0261. The third-order valence-corrected chi connectivity index (χ3v) is 1.26. The zero-order chi connectivity index (χ0) is 8.27. The lowest BCUT2D eigenvalue weighted by atomic mass is 10.5. The maximum absolute atomic E-state index is 10.9. The summed E-state index contributed by atoms with van der Waals surface area (Å²) >= 11 is 4.63. The van der Waals surface area contributed by atoms with Crippen LogP contribution in [0, 0.1) is 4.77 Å². The number of nitrogens with one attached hydrogen (secondary N) is 2. The first-order valence-corrected chi connectivity index (χ1v) is 3.31. The third kappa shape index (κ3) is 1.95. The molecular weight excluding hydrogens is 166 g/mol. The number of rotatable bonds is 2. The van der Waals surface area contributed by atoms with E-state index in [1.54, 1.807) is 0 Å². The molecule has 0 aliphatic rings. The summed E-state index contributed by atoms with van der Waals surface area (Å²) in [7, 11) is 1.49. The lowest BCUT2D eigenvalue weighted by Crippen LogP contribution is -2.16. The molecule has 11 heavy (non-hydrogen) atoms. The Balaban J connectivity index is 3.10. The molecule has 0 amide bonds. The molecule has 0 aliphatic carbocycles. The van der Waals surface area contributed by atoms with Gasteiger partial charge in [0.1, 0.15) is 0 Å². The molecule has 0 saturated carbocycles. The van der Waals surface area contributed by atoms with Crippen LogP contribution in [0.5, 0.6) is 0 Å². The largest absolute Gasteiger partial charge is 0.378 e. The van der Waals surface area contributed by atoms with Crippen molar-refractivity contribution >= 4 is 12.2 Å². The minimum Gasteiger partial charge on any atom is -0.378 e. The van der Waals surface area contributed by atoms with Crippen molar-refractivity contribution in [2.24, 2.45) is 0 Å². The van der Waals surface area contributed by atoms with Gasteiger partial charge in [-0.3, -0.25) is 14.9 Å². The van der Waals surface area contributed by atoms with Crippen LogP contribution in [-0.4, -0.2) is 22.3 Å². The van der Waals surface area contributed by atoms with E-state index in [0.717, 1.165) is 0 Å². The maximum atomic E-state index is 10.9. The van der Waals surface area contributed by atoms with E-state index in [1.165, 1.54) is 7.11 Å². The Labute approximate surface area is 67.4 Å². The molecule has 2 N–H and O–H groups in total. The summed E-state index contributed by atoms with van der Waals surface area (Å²) in [5.74, 6) is 0. The second-order valence-electron chi connectivity index (χ2n) is 1.89. The highest BCUT2D eigenvalue weighted by Crippen LogP contribution is 1.82. The van der Waals surface area contributed by atoms with Crippen molar-refractivity contribution in [1.29, 1.82) is 0 Å². The number of ether oxygens (including phenoxy) is 1. The highest BCUT2D eigenvalue weighted by molar-refractivity contribution is 7.71. The first-order valence-electron chi connectivity index (χ1n) is 2.91. The number of hydrogen-bond donors (Lipinski definition) is 2. The van der Waals surface area contributed by atoms with Gasteiger partial charge in [0, 0.05) is 7.11 Å². The van der Waals surface area contributed by atoms with Gasteiger partial charge in [-0.1, -0.05) is 0 Å². The number of hydrogen-bond acceptors (Lipinski definition) is 4. The normalized spacial score (nSPS) is 9.91. The Morgan fingerprint density at radius 3 is 3.00 bits per heavy atom. The van der Waals surface area contributed by atoms with Gasteiger partial charge in [-0.25, -0.2) is 0 Å². The van der Waals surface area contributed by atoms with Gasteiger partial charge in [-0.2, -0.15) is 5.10 Å². The van der Waals surface area contributed by atoms with E-state index in [9.17, 15) is 4.79 Å². The molecule has 60 valence electrons. The summed E-state index contributed by atoms with van der Waals surface area (Å²) in [6.07, 6.45) is 0. The number of nitrogens with zero attached hydrogens (tertiary/aromatic N) is 1. The Kier molecular flexibility index (Phi) is 2.50. The van der Waals surface area contributed by atoms with E-state index in [2.05, 4.69) is 27.4 Å². The van der Waals surface area contributed by atoms with Crippen molar-refractivity contribution in [3.05, 3.63) is 20.8 Å². The minimum absolute atomic E-state index is 0.182. The van der Waals surface area contributed by atoms with Crippen molar-refractivity contribution in [2.45, 2.75) is 6.61 Å². The zero-order valence-electron chi connectivity index (χ0n) is 5.88. The van der Waals surface area contributed by atoms with Crippen LogP contribution in [0.2, 0.25) is 0 Å². The summed E-state index contributed by atoms with van der Waals surface area (Å²) in [6, 6.07) is 0. The fraction of sp³-hybridized carbons (Fsp3) is 0.400. The fourth-order valence-electron chi connectivity index (χ4n) is 0.607. The Hall–Kier alpha value is -1.01. The van der Waals surface area contributed by atoms with Gasteiger partial charge in [0.15, 0.2) is 10.5 Å². The van der Waals surface area contributed by atoms with Crippen LogP contribution in [0.1, 0.15) is 5.69 Å². The van der Waals surface area contributed by atoms with Crippen LogP contribution in [0.25, 0.3) is 0 Å². The Morgan fingerprint density at radius 1 is 1.73 bits per heavy atom. The van der Waals surface area contributed by atoms with E-state index < -0.39 is 0 Å². The average Bonchev–Trinajstić information content (AvgIpc) is 1.95. The minimum atomic E-state index is -0.310. The Morgan fingerprint density at radius 2 is 2.45 bits per heavy atom. The van der Waals surface area contributed by atoms with Crippen molar-refractivity contribution in [1.82, 2.24) is 15.2 Å². The zero-order valence-corrected chi connectivity index (χ0v) is 6.70. The molecule has 0 bridgehead atoms. The van der Waals surface area contributed by atoms with Gasteiger partial charge < -0.3 is 4.74 Å². The second-order valence-corrected chi connectivity index (χ2v) is 2.29. The van der Waals surface area contributed by atoms with E-state index in [0.29, 0.717) is 5.69 Å². The molecule has 5 nitrogen and oxygen atoms in total. The molecule has 0 aromatic carbocycles. The smallest absolute Gasteiger partial charge is 0.276 e. The molecule has 0 fully saturated rings. The van der Waals surface area contributed by atoms with E-state index >= 15 is 0 Å². The summed E-state index contributed by atoms with van der Waals surface area (Å²) in [4.78, 5) is 13.3. The number of methoxy groups -OCH3 is 1. The van der Waals surface area contributed by atoms with Gasteiger partial charge in [-0.05, 0) is 12.2 Å². The topological polar surface area (TPSA) is 70.8 Å². The van der Waals surface area contributed by atoms with Gasteiger partial charge in [0.05, 0.1) is 6.61 Å². The first-order chi connectivity index (χ1) is 5.24. The van der Waals surface area contributed by atoms with E-state index in [1.807, 2.05) is 0 Å². The van der Waals surface area contributed by atoms with Crippen LogP contribution >= 0.6 is 12.2 Å². The van der Waals surface area contributed by atoms with Crippen molar-refractivity contribution in [2.75, 3.05) is 7.11 Å². The second kappa shape index (κ2) is 3.40. The number of H-pyrrole nitrogens is 2. The van der Waals surface area contributed by atoms with E-state index in [4.69, 9.17) is 4.74 Å². The monoisotopic (exact) mass is 173 g/mol.